The molecule has 5 heteroatoms. The second kappa shape index (κ2) is 5.25. The standard InChI is InChI=1S/C14H18N4S/c1-10-8-11(2)17-14(16-10)18-6-3-4-12(9-18)13-15-5-7-19-13/h5,7-8,12H,3-4,6,9H2,1-2H3. The molecule has 0 amide bonds. The first-order chi connectivity index (χ1) is 9.22. The van der Waals surface area contributed by atoms with Gasteiger partial charge in [-0.05, 0) is 32.8 Å². The third-order valence-corrected chi connectivity index (χ3v) is 4.41. The third-order valence-electron chi connectivity index (χ3n) is 3.48. The fourth-order valence-electron chi connectivity index (χ4n) is 2.65. The molecule has 0 spiro atoms. The summed E-state index contributed by atoms with van der Waals surface area (Å²) in [5, 5.41) is 3.30. The van der Waals surface area contributed by atoms with Gasteiger partial charge in [0, 0.05) is 42.0 Å². The minimum Gasteiger partial charge on any atom is -0.340 e. The van der Waals surface area contributed by atoms with E-state index in [9.17, 15) is 0 Å². The number of nitrogens with zero attached hydrogens (tertiary/aromatic N) is 4. The molecular formula is C14H18N4S. The van der Waals surface area contributed by atoms with Gasteiger partial charge in [-0.1, -0.05) is 0 Å². The van der Waals surface area contributed by atoms with Crippen LogP contribution < -0.4 is 4.90 Å². The van der Waals surface area contributed by atoms with Gasteiger partial charge in [-0.3, -0.25) is 0 Å². The Kier molecular flexibility index (Phi) is 3.46. The van der Waals surface area contributed by atoms with E-state index in [2.05, 4.69) is 25.2 Å². The molecule has 0 bridgehead atoms. The molecule has 1 saturated heterocycles. The molecule has 0 N–H and O–H groups in total. The van der Waals surface area contributed by atoms with Crippen molar-refractivity contribution in [1.82, 2.24) is 15.0 Å². The van der Waals surface area contributed by atoms with Gasteiger partial charge >= 0.3 is 0 Å². The van der Waals surface area contributed by atoms with Crippen LogP contribution in [0.4, 0.5) is 5.95 Å². The number of thiazole rings is 1. The van der Waals surface area contributed by atoms with Crippen molar-refractivity contribution in [3.63, 3.8) is 0 Å². The fraction of sp³-hybridized carbons (Fsp3) is 0.500. The van der Waals surface area contributed by atoms with Gasteiger partial charge in [0.25, 0.3) is 0 Å². The van der Waals surface area contributed by atoms with Crippen LogP contribution in [0.25, 0.3) is 0 Å². The highest BCUT2D eigenvalue weighted by atomic mass is 32.1. The Balaban J connectivity index is 1.81. The monoisotopic (exact) mass is 274 g/mol. The van der Waals surface area contributed by atoms with Crippen LogP contribution in [0.5, 0.6) is 0 Å². The molecule has 3 rings (SSSR count). The van der Waals surface area contributed by atoms with Crippen LogP contribution in [0.1, 0.15) is 35.2 Å². The number of aryl methyl sites for hydroxylation is 2. The van der Waals surface area contributed by atoms with Crippen molar-refractivity contribution in [3.8, 4) is 0 Å². The maximum atomic E-state index is 4.57. The van der Waals surface area contributed by atoms with E-state index in [-0.39, 0.29) is 0 Å². The summed E-state index contributed by atoms with van der Waals surface area (Å²) in [7, 11) is 0. The molecule has 0 radical (unpaired) electrons. The smallest absolute Gasteiger partial charge is 0.225 e. The van der Waals surface area contributed by atoms with E-state index in [1.165, 1.54) is 17.8 Å². The van der Waals surface area contributed by atoms with Crippen molar-refractivity contribution < 1.29 is 0 Å². The predicted octanol–water partition coefficient (Wildman–Crippen LogP) is 2.93. The second-order valence-corrected chi connectivity index (χ2v) is 6.03. The number of hydrogen-bond donors (Lipinski definition) is 0. The highest BCUT2D eigenvalue weighted by Crippen LogP contribution is 2.29. The summed E-state index contributed by atoms with van der Waals surface area (Å²) in [6.07, 6.45) is 4.29. The Labute approximate surface area is 117 Å². The SMILES string of the molecule is Cc1cc(C)nc(N2CCCC(c3nccs3)C2)n1. The molecule has 19 heavy (non-hydrogen) atoms. The van der Waals surface area contributed by atoms with Crippen molar-refractivity contribution in [2.45, 2.75) is 32.6 Å². The summed E-state index contributed by atoms with van der Waals surface area (Å²) in [6, 6.07) is 2.02. The molecule has 0 aromatic carbocycles. The maximum absolute atomic E-state index is 4.57. The average molecular weight is 274 g/mol. The van der Waals surface area contributed by atoms with Crippen LogP contribution in [0.15, 0.2) is 17.6 Å². The number of hydrogen-bond acceptors (Lipinski definition) is 5. The number of rotatable bonds is 2. The maximum Gasteiger partial charge on any atom is 0.225 e. The Bertz CT molecular complexity index is 532. The van der Waals surface area contributed by atoms with E-state index < -0.39 is 0 Å². The molecule has 4 nitrogen and oxygen atoms in total. The molecule has 1 unspecified atom stereocenters. The van der Waals surface area contributed by atoms with Crippen LogP contribution in [-0.2, 0) is 0 Å². The van der Waals surface area contributed by atoms with Gasteiger partial charge in [-0.2, -0.15) is 0 Å². The number of anilines is 1. The van der Waals surface area contributed by atoms with Gasteiger partial charge in [-0.15, -0.1) is 11.3 Å². The van der Waals surface area contributed by atoms with Crippen LogP contribution >= 0.6 is 11.3 Å². The van der Waals surface area contributed by atoms with E-state index in [1.807, 2.05) is 26.1 Å². The molecule has 1 aliphatic heterocycles. The van der Waals surface area contributed by atoms with Crippen molar-refractivity contribution in [2.75, 3.05) is 18.0 Å². The molecule has 0 saturated carbocycles. The summed E-state index contributed by atoms with van der Waals surface area (Å²) >= 11 is 1.75. The second-order valence-electron chi connectivity index (χ2n) is 5.11. The molecule has 3 heterocycles. The van der Waals surface area contributed by atoms with E-state index in [0.717, 1.165) is 30.4 Å². The molecule has 2 aromatic heterocycles. The van der Waals surface area contributed by atoms with Crippen molar-refractivity contribution in [1.29, 1.82) is 0 Å². The summed E-state index contributed by atoms with van der Waals surface area (Å²) < 4.78 is 0. The molecular weight excluding hydrogens is 256 g/mol. The lowest BCUT2D eigenvalue weighted by molar-refractivity contribution is 0.501. The first-order valence-corrected chi connectivity index (χ1v) is 7.57. The largest absolute Gasteiger partial charge is 0.340 e. The quantitative estimate of drug-likeness (QED) is 0.844. The van der Waals surface area contributed by atoms with Gasteiger partial charge in [0.2, 0.25) is 5.95 Å². The Morgan fingerprint density at radius 2 is 2.05 bits per heavy atom. The summed E-state index contributed by atoms with van der Waals surface area (Å²) in [6.45, 7) is 6.09. The van der Waals surface area contributed by atoms with E-state index in [0.29, 0.717) is 5.92 Å². The third kappa shape index (κ3) is 2.76. The molecule has 1 fully saturated rings. The Morgan fingerprint density at radius 1 is 1.26 bits per heavy atom. The van der Waals surface area contributed by atoms with Gasteiger partial charge < -0.3 is 4.90 Å². The Hall–Kier alpha value is -1.49. The highest BCUT2D eigenvalue weighted by molar-refractivity contribution is 7.09. The lowest BCUT2D eigenvalue weighted by Crippen LogP contribution is -2.35. The van der Waals surface area contributed by atoms with E-state index in [4.69, 9.17) is 0 Å². The topological polar surface area (TPSA) is 41.9 Å². The van der Waals surface area contributed by atoms with Crippen LogP contribution in [0, 0.1) is 13.8 Å². The first kappa shape index (κ1) is 12.5. The lowest BCUT2D eigenvalue weighted by atomic mass is 9.99. The van der Waals surface area contributed by atoms with Gasteiger partial charge in [0.15, 0.2) is 0 Å². The number of piperidine rings is 1. The van der Waals surface area contributed by atoms with Crippen molar-refractivity contribution in [3.05, 3.63) is 34.0 Å². The summed E-state index contributed by atoms with van der Waals surface area (Å²) in [4.78, 5) is 15.9. The zero-order chi connectivity index (χ0) is 13.2. The Morgan fingerprint density at radius 3 is 2.74 bits per heavy atom. The van der Waals surface area contributed by atoms with Gasteiger partial charge in [0.05, 0.1) is 5.01 Å². The molecule has 2 aromatic rings. The van der Waals surface area contributed by atoms with Crippen molar-refractivity contribution in [2.24, 2.45) is 0 Å². The number of aromatic nitrogens is 3. The fourth-order valence-corrected chi connectivity index (χ4v) is 3.41. The minimum atomic E-state index is 0.526. The molecule has 1 aliphatic rings. The van der Waals surface area contributed by atoms with Crippen LogP contribution in [-0.4, -0.2) is 28.0 Å². The first-order valence-electron chi connectivity index (χ1n) is 6.69. The lowest BCUT2D eigenvalue weighted by Gasteiger charge is -2.32. The summed E-state index contributed by atoms with van der Waals surface area (Å²) in [5.41, 5.74) is 2.08. The van der Waals surface area contributed by atoms with E-state index in [1.54, 1.807) is 11.3 Å². The van der Waals surface area contributed by atoms with Crippen LogP contribution in [0.2, 0.25) is 0 Å². The normalized spacial score (nSPS) is 19.7. The molecule has 1 atom stereocenters. The van der Waals surface area contributed by atoms with Gasteiger partial charge in [0.1, 0.15) is 0 Å². The highest BCUT2D eigenvalue weighted by Gasteiger charge is 2.24. The zero-order valence-electron chi connectivity index (χ0n) is 11.3. The minimum absolute atomic E-state index is 0.526. The summed E-state index contributed by atoms with van der Waals surface area (Å²) in [5.74, 6) is 1.40. The average Bonchev–Trinajstić information content (AvgIpc) is 2.92. The van der Waals surface area contributed by atoms with Crippen molar-refractivity contribution >= 4 is 17.3 Å². The molecule has 100 valence electrons. The van der Waals surface area contributed by atoms with Gasteiger partial charge in [-0.25, -0.2) is 15.0 Å². The molecule has 0 aliphatic carbocycles. The predicted molar refractivity (Wildman–Crippen MR) is 77.8 cm³/mol. The van der Waals surface area contributed by atoms with E-state index >= 15 is 0 Å². The zero-order valence-corrected chi connectivity index (χ0v) is 12.2. The van der Waals surface area contributed by atoms with Crippen LogP contribution in [0.3, 0.4) is 0 Å².